The third kappa shape index (κ3) is 4.86. The van der Waals surface area contributed by atoms with Crippen molar-refractivity contribution in [2.45, 2.75) is 58.6 Å². The normalized spacial score (nSPS) is 17.7. The summed E-state index contributed by atoms with van der Waals surface area (Å²) in [5.74, 6) is 0. The van der Waals surface area contributed by atoms with Crippen LogP contribution in [-0.2, 0) is 4.74 Å². The van der Waals surface area contributed by atoms with Crippen LogP contribution in [-0.4, -0.2) is 17.7 Å². The summed E-state index contributed by atoms with van der Waals surface area (Å²) in [6, 6.07) is 0.0650. The van der Waals surface area contributed by atoms with Gasteiger partial charge in [-0.3, -0.25) is 0 Å². The Hall–Kier alpha value is -0.990. The summed E-state index contributed by atoms with van der Waals surface area (Å²) in [7, 11) is 0. The third-order valence-electron chi connectivity index (χ3n) is 2.23. The molecule has 0 bridgehead atoms. The fraction of sp³-hybridized carbons (Fsp3) is 0.750. The second-order valence-corrected chi connectivity index (χ2v) is 5.11. The minimum Gasteiger partial charge on any atom is -0.444 e. The molecule has 0 aromatic carbocycles. The molecule has 0 aliphatic heterocycles. The lowest BCUT2D eigenvalue weighted by molar-refractivity contribution is 0.0518. The summed E-state index contributed by atoms with van der Waals surface area (Å²) in [5, 5.41) is 2.80. The van der Waals surface area contributed by atoms with Crippen LogP contribution >= 0.6 is 0 Å². The Labute approximate surface area is 91.9 Å². The van der Waals surface area contributed by atoms with E-state index >= 15 is 0 Å². The van der Waals surface area contributed by atoms with E-state index < -0.39 is 5.60 Å². The lowest BCUT2D eigenvalue weighted by Gasteiger charge is -2.22. The van der Waals surface area contributed by atoms with Gasteiger partial charge in [-0.25, -0.2) is 4.79 Å². The average molecular weight is 211 g/mol. The van der Waals surface area contributed by atoms with Crippen LogP contribution in [0, 0.1) is 0 Å². The first kappa shape index (κ1) is 12.1. The SMILES string of the molecule is CC(C=C1CCC1)NC(=O)OC(C)(C)C. The van der Waals surface area contributed by atoms with Gasteiger partial charge in [0.05, 0.1) is 0 Å². The summed E-state index contributed by atoms with van der Waals surface area (Å²) in [4.78, 5) is 11.4. The maximum Gasteiger partial charge on any atom is 0.408 e. The summed E-state index contributed by atoms with van der Waals surface area (Å²) in [6.45, 7) is 7.56. The van der Waals surface area contributed by atoms with Gasteiger partial charge in [0.25, 0.3) is 0 Å². The lowest BCUT2D eigenvalue weighted by Crippen LogP contribution is -2.37. The summed E-state index contributed by atoms with van der Waals surface area (Å²) in [6.07, 6.45) is 5.42. The predicted molar refractivity (Wildman–Crippen MR) is 60.8 cm³/mol. The molecule has 0 aromatic rings. The fourth-order valence-electron chi connectivity index (χ4n) is 1.44. The Balaban J connectivity index is 2.31. The monoisotopic (exact) mass is 211 g/mol. The van der Waals surface area contributed by atoms with Gasteiger partial charge < -0.3 is 10.1 Å². The molecule has 1 aliphatic rings. The second kappa shape index (κ2) is 4.69. The fourth-order valence-corrected chi connectivity index (χ4v) is 1.44. The number of alkyl carbamates (subject to hydrolysis) is 1. The number of carbonyl (C=O) groups excluding carboxylic acids is 1. The first-order chi connectivity index (χ1) is 6.87. The van der Waals surface area contributed by atoms with Crippen molar-refractivity contribution in [2.24, 2.45) is 0 Å². The van der Waals surface area contributed by atoms with Crippen LogP contribution in [0.15, 0.2) is 11.6 Å². The number of nitrogens with one attached hydrogen (secondary N) is 1. The van der Waals surface area contributed by atoms with Gasteiger partial charge in [0.1, 0.15) is 5.60 Å². The molecule has 0 heterocycles. The Morgan fingerprint density at radius 3 is 2.47 bits per heavy atom. The standard InChI is InChI=1S/C12H21NO2/c1-9(8-10-6-5-7-10)13-11(14)15-12(2,3)4/h8-9H,5-7H2,1-4H3,(H,13,14). The van der Waals surface area contributed by atoms with E-state index in [0.717, 1.165) is 0 Å². The number of allylic oxidation sites excluding steroid dienone is 1. The number of carbonyl (C=O) groups is 1. The molecule has 1 amide bonds. The third-order valence-corrected chi connectivity index (χ3v) is 2.23. The lowest BCUT2D eigenvalue weighted by atomic mass is 9.91. The van der Waals surface area contributed by atoms with Gasteiger partial charge in [0.15, 0.2) is 0 Å². The molecular formula is C12H21NO2. The van der Waals surface area contributed by atoms with Crippen LogP contribution in [0.5, 0.6) is 0 Å². The van der Waals surface area contributed by atoms with Crippen molar-refractivity contribution in [2.75, 3.05) is 0 Å². The molecule has 0 aromatic heterocycles. The molecule has 1 unspecified atom stereocenters. The number of ether oxygens (including phenoxy) is 1. The Morgan fingerprint density at radius 1 is 1.47 bits per heavy atom. The van der Waals surface area contributed by atoms with Crippen LogP contribution in [0.4, 0.5) is 4.79 Å². The maximum absolute atomic E-state index is 11.4. The minimum atomic E-state index is -0.423. The summed E-state index contributed by atoms with van der Waals surface area (Å²) in [5.41, 5.74) is 1.02. The van der Waals surface area contributed by atoms with Crippen LogP contribution in [0.2, 0.25) is 0 Å². The largest absolute Gasteiger partial charge is 0.444 e. The van der Waals surface area contributed by atoms with E-state index in [1.807, 2.05) is 27.7 Å². The van der Waals surface area contributed by atoms with Gasteiger partial charge in [0.2, 0.25) is 0 Å². The van der Waals surface area contributed by atoms with E-state index in [1.165, 1.54) is 24.8 Å². The Morgan fingerprint density at radius 2 is 2.07 bits per heavy atom. The highest BCUT2D eigenvalue weighted by Crippen LogP contribution is 2.25. The van der Waals surface area contributed by atoms with Gasteiger partial charge in [-0.1, -0.05) is 11.6 Å². The molecular weight excluding hydrogens is 190 g/mol. The van der Waals surface area contributed by atoms with Crippen LogP contribution in [0.1, 0.15) is 47.0 Å². The summed E-state index contributed by atoms with van der Waals surface area (Å²) < 4.78 is 5.16. The predicted octanol–water partition coefficient (Wildman–Crippen LogP) is 3.01. The molecule has 86 valence electrons. The Kier molecular flexibility index (Phi) is 3.77. The highest BCUT2D eigenvalue weighted by molar-refractivity contribution is 5.68. The highest BCUT2D eigenvalue weighted by Gasteiger charge is 2.17. The molecule has 0 radical (unpaired) electrons. The van der Waals surface area contributed by atoms with Gasteiger partial charge >= 0.3 is 6.09 Å². The van der Waals surface area contributed by atoms with Crippen molar-refractivity contribution in [1.29, 1.82) is 0 Å². The van der Waals surface area contributed by atoms with E-state index in [-0.39, 0.29) is 12.1 Å². The van der Waals surface area contributed by atoms with Crippen LogP contribution < -0.4 is 5.32 Å². The van der Waals surface area contributed by atoms with Crippen molar-refractivity contribution in [1.82, 2.24) is 5.32 Å². The molecule has 1 fully saturated rings. The van der Waals surface area contributed by atoms with Crippen molar-refractivity contribution in [3.05, 3.63) is 11.6 Å². The van der Waals surface area contributed by atoms with Crippen molar-refractivity contribution >= 4 is 6.09 Å². The van der Waals surface area contributed by atoms with Crippen molar-refractivity contribution in [3.63, 3.8) is 0 Å². The van der Waals surface area contributed by atoms with E-state index in [0.29, 0.717) is 0 Å². The van der Waals surface area contributed by atoms with Crippen molar-refractivity contribution in [3.8, 4) is 0 Å². The van der Waals surface area contributed by atoms with E-state index in [1.54, 1.807) is 0 Å². The quantitative estimate of drug-likeness (QED) is 0.713. The molecule has 1 N–H and O–H groups in total. The molecule has 15 heavy (non-hydrogen) atoms. The van der Waals surface area contributed by atoms with Crippen LogP contribution in [0.25, 0.3) is 0 Å². The van der Waals surface area contributed by atoms with Gasteiger partial charge in [0, 0.05) is 6.04 Å². The average Bonchev–Trinajstić information content (AvgIpc) is 1.92. The van der Waals surface area contributed by atoms with E-state index in [2.05, 4.69) is 11.4 Å². The Bertz CT molecular complexity index is 257. The molecule has 1 rings (SSSR count). The van der Waals surface area contributed by atoms with Gasteiger partial charge in [-0.2, -0.15) is 0 Å². The molecule has 0 spiro atoms. The van der Waals surface area contributed by atoms with Crippen molar-refractivity contribution < 1.29 is 9.53 Å². The first-order valence-electron chi connectivity index (χ1n) is 5.56. The smallest absolute Gasteiger partial charge is 0.408 e. The van der Waals surface area contributed by atoms with Crippen LogP contribution in [0.3, 0.4) is 0 Å². The molecule has 0 saturated heterocycles. The highest BCUT2D eigenvalue weighted by atomic mass is 16.6. The molecule has 1 aliphatic carbocycles. The maximum atomic E-state index is 11.4. The van der Waals surface area contributed by atoms with E-state index in [9.17, 15) is 4.79 Å². The first-order valence-corrected chi connectivity index (χ1v) is 5.56. The number of rotatable bonds is 2. The van der Waals surface area contributed by atoms with Gasteiger partial charge in [-0.15, -0.1) is 0 Å². The molecule has 3 nitrogen and oxygen atoms in total. The number of amides is 1. The number of hydrogen-bond donors (Lipinski definition) is 1. The zero-order chi connectivity index (χ0) is 11.5. The molecule has 1 atom stereocenters. The topological polar surface area (TPSA) is 38.3 Å². The summed E-state index contributed by atoms with van der Waals surface area (Å²) >= 11 is 0. The second-order valence-electron chi connectivity index (χ2n) is 5.11. The van der Waals surface area contributed by atoms with Gasteiger partial charge in [-0.05, 0) is 47.0 Å². The molecule has 3 heteroatoms. The molecule has 1 saturated carbocycles. The number of hydrogen-bond acceptors (Lipinski definition) is 2. The minimum absolute atomic E-state index is 0.0650. The zero-order valence-electron chi connectivity index (χ0n) is 10.1. The van der Waals surface area contributed by atoms with E-state index in [4.69, 9.17) is 4.74 Å². The zero-order valence-corrected chi connectivity index (χ0v) is 10.1.